The van der Waals surface area contributed by atoms with Crippen LogP contribution in [0.3, 0.4) is 0 Å². The molecule has 0 aliphatic carbocycles. The lowest BCUT2D eigenvalue weighted by Crippen LogP contribution is -2.27. The van der Waals surface area contributed by atoms with Gasteiger partial charge in [-0.1, -0.05) is 0 Å². The molecule has 0 rings (SSSR count). The molecule has 13 nitrogen and oxygen atoms in total. The number of ether oxygens (including phenoxy) is 3. The van der Waals surface area contributed by atoms with Crippen LogP contribution < -0.4 is 0 Å². The second-order valence-electron chi connectivity index (χ2n) is 6.48. The first-order chi connectivity index (χ1) is 15.2. The van der Waals surface area contributed by atoms with Crippen LogP contribution in [-0.4, -0.2) is 105 Å². The molecule has 192 valence electrons. The molecule has 0 saturated carbocycles. The first kappa shape index (κ1) is 34.8. The number of carbonyl (C=O) groups is 4. The standard InChI is InChI=1S/C12H26O5.2C4H4O4/c1-9(14)6-15-11(3)8-17-12(4)7-16-10(2)5-13;2*5-3(6)1-2-4(7)8/h9-14H,5-8H2,1-4H3;2*1-2H,(H,5,6)(H,7,8). The fraction of sp³-hybridized carbons (Fsp3) is 0.600. The molecule has 33 heavy (non-hydrogen) atoms. The van der Waals surface area contributed by atoms with Gasteiger partial charge in [-0.15, -0.1) is 0 Å². The van der Waals surface area contributed by atoms with Crippen LogP contribution in [0.15, 0.2) is 24.3 Å². The summed E-state index contributed by atoms with van der Waals surface area (Å²) in [4.78, 5) is 38.2. The fourth-order valence-electron chi connectivity index (χ4n) is 1.34. The number of carboxylic acid groups (broad SMARTS) is 4. The van der Waals surface area contributed by atoms with E-state index in [-0.39, 0.29) is 24.9 Å². The quantitative estimate of drug-likeness (QED) is 0.180. The number of carboxylic acids is 4. The number of aliphatic hydroxyl groups is 2. The van der Waals surface area contributed by atoms with E-state index in [0.29, 0.717) is 44.1 Å². The molecule has 4 atom stereocenters. The van der Waals surface area contributed by atoms with Gasteiger partial charge in [-0.2, -0.15) is 0 Å². The maximum Gasteiger partial charge on any atom is 0.328 e. The van der Waals surface area contributed by atoms with Crippen LogP contribution in [0.1, 0.15) is 27.7 Å². The van der Waals surface area contributed by atoms with E-state index in [1.165, 1.54) is 0 Å². The van der Waals surface area contributed by atoms with Gasteiger partial charge in [0, 0.05) is 24.3 Å². The summed E-state index contributed by atoms with van der Waals surface area (Å²) < 4.78 is 16.2. The Balaban J connectivity index is -0.000000468. The average Bonchev–Trinajstić information content (AvgIpc) is 2.72. The van der Waals surface area contributed by atoms with E-state index in [1.54, 1.807) is 13.8 Å². The van der Waals surface area contributed by atoms with Crippen LogP contribution >= 0.6 is 0 Å². The van der Waals surface area contributed by atoms with Crippen LogP contribution in [0, 0.1) is 0 Å². The summed E-state index contributed by atoms with van der Waals surface area (Å²) in [6, 6.07) is 0. The van der Waals surface area contributed by atoms with E-state index in [1.807, 2.05) is 13.8 Å². The van der Waals surface area contributed by atoms with Crippen molar-refractivity contribution in [2.75, 3.05) is 26.4 Å². The number of aliphatic hydroxyl groups excluding tert-OH is 2. The molecular formula is C20H34O13. The van der Waals surface area contributed by atoms with E-state index in [4.69, 9.17) is 44.8 Å². The maximum absolute atomic E-state index is 9.55. The van der Waals surface area contributed by atoms with E-state index in [2.05, 4.69) is 0 Å². The van der Waals surface area contributed by atoms with E-state index in [0.717, 1.165) is 0 Å². The maximum atomic E-state index is 9.55. The van der Waals surface area contributed by atoms with Crippen molar-refractivity contribution in [1.29, 1.82) is 0 Å². The van der Waals surface area contributed by atoms with Crippen LogP contribution in [0.25, 0.3) is 0 Å². The third-order valence-corrected chi connectivity index (χ3v) is 2.85. The summed E-state index contributed by atoms with van der Waals surface area (Å²) in [7, 11) is 0. The molecule has 0 radical (unpaired) electrons. The zero-order valence-corrected chi connectivity index (χ0v) is 19.0. The lowest BCUT2D eigenvalue weighted by atomic mass is 10.3. The predicted octanol–water partition coefficient (Wildman–Crippen LogP) is -0.00160. The third-order valence-electron chi connectivity index (χ3n) is 2.85. The zero-order valence-electron chi connectivity index (χ0n) is 19.0. The van der Waals surface area contributed by atoms with Crippen molar-refractivity contribution in [2.45, 2.75) is 52.1 Å². The minimum atomic E-state index is -1.26. The lowest BCUT2D eigenvalue weighted by molar-refractivity contribution is -0.134. The van der Waals surface area contributed by atoms with Crippen LogP contribution in [-0.2, 0) is 33.4 Å². The summed E-state index contributed by atoms with van der Waals surface area (Å²) in [5.41, 5.74) is 0. The molecule has 0 saturated heterocycles. The highest BCUT2D eigenvalue weighted by atomic mass is 16.6. The Labute approximate surface area is 191 Å². The molecule has 4 unspecified atom stereocenters. The first-order valence-electron chi connectivity index (χ1n) is 9.62. The highest BCUT2D eigenvalue weighted by Gasteiger charge is 2.09. The van der Waals surface area contributed by atoms with Crippen molar-refractivity contribution in [2.24, 2.45) is 0 Å². The van der Waals surface area contributed by atoms with Gasteiger partial charge < -0.3 is 44.8 Å². The van der Waals surface area contributed by atoms with Gasteiger partial charge >= 0.3 is 23.9 Å². The summed E-state index contributed by atoms with van der Waals surface area (Å²) in [5, 5.41) is 49.1. The van der Waals surface area contributed by atoms with E-state index >= 15 is 0 Å². The van der Waals surface area contributed by atoms with Gasteiger partial charge in [-0.25, -0.2) is 19.2 Å². The van der Waals surface area contributed by atoms with Crippen molar-refractivity contribution in [3.8, 4) is 0 Å². The SMILES string of the molecule is CC(O)COC(C)COC(C)COC(C)CO.O=C(O)C=CC(=O)O.O=C(O)C=CC(=O)O. The molecule has 0 spiro atoms. The summed E-state index contributed by atoms with van der Waals surface area (Å²) in [5.74, 6) is -5.03. The van der Waals surface area contributed by atoms with Crippen molar-refractivity contribution < 1.29 is 64.0 Å². The normalized spacial score (nSPS) is 14.2. The van der Waals surface area contributed by atoms with E-state index in [9.17, 15) is 19.2 Å². The van der Waals surface area contributed by atoms with E-state index < -0.39 is 30.0 Å². The van der Waals surface area contributed by atoms with Gasteiger partial charge in [0.1, 0.15) is 0 Å². The first-order valence-corrected chi connectivity index (χ1v) is 9.62. The number of hydrogen-bond acceptors (Lipinski definition) is 9. The molecule has 0 aromatic carbocycles. The number of hydrogen-bond donors (Lipinski definition) is 6. The van der Waals surface area contributed by atoms with Gasteiger partial charge in [0.2, 0.25) is 0 Å². The highest BCUT2D eigenvalue weighted by molar-refractivity contribution is 5.90. The Morgan fingerprint density at radius 2 is 0.879 bits per heavy atom. The molecule has 0 amide bonds. The fourth-order valence-corrected chi connectivity index (χ4v) is 1.34. The van der Waals surface area contributed by atoms with Gasteiger partial charge in [0.05, 0.1) is 50.8 Å². The van der Waals surface area contributed by atoms with Crippen LogP contribution in [0.4, 0.5) is 0 Å². The molecule has 0 aromatic heterocycles. The second kappa shape index (κ2) is 22.4. The molecule has 6 N–H and O–H groups in total. The third kappa shape index (κ3) is 36.9. The largest absolute Gasteiger partial charge is 0.478 e. The van der Waals surface area contributed by atoms with Crippen LogP contribution in [0.5, 0.6) is 0 Å². The smallest absolute Gasteiger partial charge is 0.328 e. The monoisotopic (exact) mass is 482 g/mol. The topological polar surface area (TPSA) is 217 Å². The van der Waals surface area contributed by atoms with Crippen molar-refractivity contribution in [3.63, 3.8) is 0 Å². The number of rotatable bonds is 14. The predicted molar refractivity (Wildman–Crippen MR) is 114 cm³/mol. The molecule has 0 fully saturated rings. The Morgan fingerprint density at radius 3 is 1.12 bits per heavy atom. The van der Waals surface area contributed by atoms with Gasteiger partial charge in [0.15, 0.2) is 0 Å². The summed E-state index contributed by atoms with van der Waals surface area (Å²) in [6.07, 6.45) is 1.52. The van der Waals surface area contributed by atoms with Crippen molar-refractivity contribution >= 4 is 23.9 Å². The zero-order chi connectivity index (χ0) is 26.4. The van der Waals surface area contributed by atoms with Crippen molar-refractivity contribution in [3.05, 3.63) is 24.3 Å². The van der Waals surface area contributed by atoms with Gasteiger partial charge in [-0.05, 0) is 27.7 Å². The Kier molecular flexibility index (Phi) is 23.6. The minimum absolute atomic E-state index is 0.0145. The summed E-state index contributed by atoms with van der Waals surface area (Å²) in [6.45, 7) is 8.53. The van der Waals surface area contributed by atoms with Crippen molar-refractivity contribution in [1.82, 2.24) is 0 Å². The summed E-state index contributed by atoms with van der Waals surface area (Å²) >= 11 is 0. The number of aliphatic carboxylic acids is 4. The molecule has 0 aliphatic rings. The molecule has 13 heteroatoms. The molecule has 0 bridgehead atoms. The molecule has 0 heterocycles. The Hall–Kier alpha value is -2.84. The lowest BCUT2D eigenvalue weighted by Gasteiger charge is -2.19. The highest BCUT2D eigenvalue weighted by Crippen LogP contribution is 2.00. The average molecular weight is 482 g/mol. The Bertz CT molecular complexity index is 547. The minimum Gasteiger partial charge on any atom is -0.478 e. The van der Waals surface area contributed by atoms with Gasteiger partial charge in [0.25, 0.3) is 0 Å². The molecular weight excluding hydrogens is 448 g/mol. The Morgan fingerprint density at radius 1 is 0.606 bits per heavy atom. The van der Waals surface area contributed by atoms with Gasteiger partial charge in [-0.3, -0.25) is 0 Å². The second-order valence-corrected chi connectivity index (χ2v) is 6.48. The molecule has 0 aromatic rings. The van der Waals surface area contributed by atoms with Crippen LogP contribution in [0.2, 0.25) is 0 Å². The molecule has 0 aliphatic heterocycles.